The molecule has 0 aliphatic carbocycles. The molecule has 146 valence electrons. The van der Waals surface area contributed by atoms with Crippen LogP contribution in [0.1, 0.15) is 0 Å². The minimum atomic E-state index is -1.15. The Kier molecular flexibility index (Phi) is 4.80. The molecular formula is C20H16N4O5. The smallest absolute Gasteiger partial charge is 0.329 e. The van der Waals surface area contributed by atoms with Crippen molar-refractivity contribution in [1.82, 2.24) is 14.8 Å². The Labute approximate surface area is 163 Å². The van der Waals surface area contributed by atoms with Crippen molar-refractivity contribution < 1.29 is 19.4 Å². The van der Waals surface area contributed by atoms with Gasteiger partial charge in [-0.05, 0) is 24.3 Å². The standard InChI is InChI=1S/C20H16N4O5/c25-17(10-29-11-18(26)27)22-12-4-3-5-13(8-12)24-20(28)15-9-21-16-7-2-1-6-14(16)19(15)23-24/h1-9,23H,10-11H2,(H,22,25)(H,26,27). The molecule has 0 aliphatic rings. The number of ether oxygens (including phenoxy) is 1. The van der Waals surface area contributed by atoms with Gasteiger partial charge in [-0.15, -0.1) is 0 Å². The summed E-state index contributed by atoms with van der Waals surface area (Å²) in [7, 11) is 0. The highest BCUT2D eigenvalue weighted by molar-refractivity contribution is 6.02. The summed E-state index contributed by atoms with van der Waals surface area (Å²) in [6.07, 6.45) is 1.54. The lowest BCUT2D eigenvalue weighted by Gasteiger charge is -2.08. The van der Waals surface area contributed by atoms with E-state index in [4.69, 9.17) is 9.84 Å². The number of pyridine rings is 1. The Morgan fingerprint density at radius 1 is 1.10 bits per heavy atom. The SMILES string of the molecule is O=C(O)COCC(=O)Nc1cccc(-n2[nH]c3c(cnc4ccccc43)c2=O)c1. The summed E-state index contributed by atoms with van der Waals surface area (Å²) in [5, 5.41) is 15.5. The van der Waals surface area contributed by atoms with Crippen LogP contribution >= 0.6 is 0 Å². The van der Waals surface area contributed by atoms with E-state index in [1.165, 1.54) is 4.68 Å². The molecule has 9 nitrogen and oxygen atoms in total. The molecule has 2 heterocycles. The number of fused-ring (bicyclic) bond motifs is 3. The van der Waals surface area contributed by atoms with E-state index < -0.39 is 18.5 Å². The monoisotopic (exact) mass is 392 g/mol. The lowest BCUT2D eigenvalue weighted by molar-refractivity contribution is -0.143. The average Bonchev–Trinajstić information content (AvgIpc) is 3.05. The Morgan fingerprint density at radius 3 is 2.76 bits per heavy atom. The summed E-state index contributed by atoms with van der Waals surface area (Å²) >= 11 is 0. The van der Waals surface area contributed by atoms with Crippen molar-refractivity contribution in [3.8, 4) is 5.69 Å². The largest absolute Gasteiger partial charge is 0.480 e. The summed E-state index contributed by atoms with van der Waals surface area (Å²) in [6.45, 7) is -0.944. The Morgan fingerprint density at radius 2 is 1.93 bits per heavy atom. The molecule has 0 unspecified atom stereocenters. The number of hydrogen-bond acceptors (Lipinski definition) is 5. The Balaban J connectivity index is 1.64. The number of aromatic amines is 1. The summed E-state index contributed by atoms with van der Waals surface area (Å²) in [5.74, 6) is -1.65. The van der Waals surface area contributed by atoms with Gasteiger partial charge in [-0.1, -0.05) is 24.3 Å². The lowest BCUT2D eigenvalue weighted by Crippen LogP contribution is -2.21. The van der Waals surface area contributed by atoms with Gasteiger partial charge >= 0.3 is 5.97 Å². The number of nitrogens with zero attached hydrogens (tertiary/aromatic N) is 2. The predicted octanol–water partition coefficient (Wildman–Crippen LogP) is 1.91. The van der Waals surface area contributed by atoms with Gasteiger partial charge in [0.05, 0.1) is 22.1 Å². The number of carboxylic acids is 1. The molecule has 0 radical (unpaired) electrons. The third-order valence-corrected chi connectivity index (χ3v) is 4.28. The maximum Gasteiger partial charge on any atom is 0.329 e. The summed E-state index contributed by atoms with van der Waals surface area (Å²) in [5.41, 5.74) is 2.17. The van der Waals surface area contributed by atoms with Crippen molar-refractivity contribution in [3.63, 3.8) is 0 Å². The van der Waals surface area contributed by atoms with Gasteiger partial charge in [0.25, 0.3) is 5.56 Å². The second kappa shape index (κ2) is 7.56. The molecule has 0 saturated carbocycles. The van der Waals surface area contributed by atoms with Crippen molar-refractivity contribution in [2.45, 2.75) is 0 Å². The van der Waals surface area contributed by atoms with Crippen LogP contribution in [0.15, 0.2) is 59.5 Å². The van der Waals surface area contributed by atoms with E-state index in [-0.39, 0.29) is 12.2 Å². The number of benzene rings is 2. The number of anilines is 1. The van der Waals surface area contributed by atoms with Gasteiger partial charge in [-0.25, -0.2) is 9.48 Å². The molecule has 0 bridgehead atoms. The number of carboxylic acid groups (broad SMARTS) is 1. The average molecular weight is 392 g/mol. The molecule has 2 aromatic heterocycles. The highest BCUT2D eigenvalue weighted by Gasteiger charge is 2.12. The van der Waals surface area contributed by atoms with Crippen LogP contribution in [0.2, 0.25) is 0 Å². The van der Waals surface area contributed by atoms with Gasteiger partial charge in [0.2, 0.25) is 5.91 Å². The van der Waals surface area contributed by atoms with E-state index >= 15 is 0 Å². The molecule has 4 rings (SSSR count). The van der Waals surface area contributed by atoms with Crippen molar-refractivity contribution >= 4 is 39.4 Å². The van der Waals surface area contributed by atoms with Crippen LogP contribution in [0.3, 0.4) is 0 Å². The zero-order chi connectivity index (χ0) is 20.4. The number of hydrogen-bond donors (Lipinski definition) is 3. The van der Waals surface area contributed by atoms with Gasteiger partial charge in [-0.2, -0.15) is 0 Å². The molecule has 0 saturated heterocycles. The first kappa shape index (κ1) is 18.4. The van der Waals surface area contributed by atoms with Gasteiger partial charge in [0.15, 0.2) is 0 Å². The second-order valence-corrected chi connectivity index (χ2v) is 6.30. The number of carbonyl (C=O) groups excluding carboxylic acids is 1. The molecule has 29 heavy (non-hydrogen) atoms. The number of carbonyl (C=O) groups is 2. The number of aromatic nitrogens is 3. The minimum Gasteiger partial charge on any atom is -0.480 e. The fourth-order valence-electron chi connectivity index (χ4n) is 3.04. The first-order chi connectivity index (χ1) is 14.0. The normalized spacial score (nSPS) is 11.0. The van der Waals surface area contributed by atoms with E-state index in [1.54, 1.807) is 30.5 Å². The molecule has 2 aromatic carbocycles. The number of rotatable bonds is 6. The molecule has 3 N–H and O–H groups in total. The molecule has 0 atom stereocenters. The number of aliphatic carboxylic acids is 1. The van der Waals surface area contributed by atoms with Gasteiger partial charge in [-0.3, -0.25) is 19.7 Å². The van der Waals surface area contributed by atoms with Crippen molar-refractivity contribution in [1.29, 1.82) is 0 Å². The number of para-hydroxylation sites is 1. The topological polar surface area (TPSA) is 126 Å². The maximum absolute atomic E-state index is 12.8. The van der Waals surface area contributed by atoms with Crippen molar-refractivity contribution in [3.05, 3.63) is 65.1 Å². The Hall–Kier alpha value is -3.98. The van der Waals surface area contributed by atoms with Crippen LogP contribution in [0.4, 0.5) is 5.69 Å². The third kappa shape index (κ3) is 3.71. The highest BCUT2D eigenvalue weighted by Crippen LogP contribution is 2.21. The zero-order valence-electron chi connectivity index (χ0n) is 15.1. The van der Waals surface area contributed by atoms with Crippen molar-refractivity contribution in [2.75, 3.05) is 18.5 Å². The van der Waals surface area contributed by atoms with Gasteiger partial charge in [0.1, 0.15) is 13.2 Å². The molecule has 9 heteroatoms. The summed E-state index contributed by atoms with van der Waals surface area (Å²) in [6, 6.07) is 14.2. The molecular weight excluding hydrogens is 376 g/mol. The summed E-state index contributed by atoms with van der Waals surface area (Å²) < 4.78 is 6.15. The van der Waals surface area contributed by atoms with E-state index in [2.05, 4.69) is 15.4 Å². The summed E-state index contributed by atoms with van der Waals surface area (Å²) in [4.78, 5) is 39.5. The van der Waals surface area contributed by atoms with Gasteiger partial charge < -0.3 is 15.2 Å². The van der Waals surface area contributed by atoms with Crippen LogP contribution in [-0.2, 0) is 14.3 Å². The second-order valence-electron chi connectivity index (χ2n) is 6.30. The number of amides is 1. The minimum absolute atomic E-state index is 0.258. The number of H-pyrrole nitrogens is 1. The van der Waals surface area contributed by atoms with Gasteiger partial charge in [0, 0.05) is 17.3 Å². The molecule has 0 fully saturated rings. The van der Waals surface area contributed by atoms with Crippen LogP contribution in [0.5, 0.6) is 0 Å². The van der Waals surface area contributed by atoms with E-state index in [9.17, 15) is 14.4 Å². The zero-order valence-corrected chi connectivity index (χ0v) is 15.1. The quantitative estimate of drug-likeness (QED) is 0.460. The maximum atomic E-state index is 12.8. The van der Waals surface area contributed by atoms with E-state index in [0.717, 1.165) is 10.9 Å². The third-order valence-electron chi connectivity index (χ3n) is 4.28. The molecule has 4 aromatic rings. The van der Waals surface area contributed by atoms with Crippen LogP contribution < -0.4 is 10.9 Å². The molecule has 1 amide bonds. The number of nitrogens with one attached hydrogen (secondary N) is 2. The fourth-order valence-corrected chi connectivity index (χ4v) is 3.04. The van der Waals surface area contributed by atoms with E-state index in [0.29, 0.717) is 22.3 Å². The first-order valence-corrected chi connectivity index (χ1v) is 8.71. The van der Waals surface area contributed by atoms with Crippen molar-refractivity contribution in [2.24, 2.45) is 0 Å². The van der Waals surface area contributed by atoms with E-state index in [1.807, 2.05) is 24.3 Å². The fraction of sp³-hybridized carbons (Fsp3) is 0.100. The van der Waals surface area contributed by atoms with Crippen LogP contribution in [0.25, 0.3) is 27.5 Å². The Bertz CT molecular complexity index is 1290. The lowest BCUT2D eigenvalue weighted by atomic mass is 10.2. The predicted molar refractivity (Wildman–Crippen MR) is 106 cm³/mol. The van der Waals surface area contributed by atoms with Crippen LogP contribution in [-0.4, -0.2) is 45.0 Å². The molecule has 0 spiro atoms. The molecule has 0 aliphatic heterocycles. The van der Waals surface area contributed by atoms with Crippen LogP contribution in [0, 0.1) is 0 Å². The first-order valence-electron chi connectivity index (χ1n) is 8.71. The highest BCUT2D eigenvalue weighted by atomic mass is 16.5.